The fraction of sp³-hybridized carbons (Fsp3) is 0.280. The number of fused-ring (bicyclic) bond motifs is 1. The first-order valence-electron chi connectivity index (χ1n) is 10.9. The fourth-order valence-electron chi connectivity index (χ4n) is 4.62. The lowest BCUT2D eigenvalue weighted by atomic mass is 10.0. The van der Waals surface area contributed by atoms with Crippen molar-refractivity contribution in [3.8, 4) is 28.8 Å². The van der Waals surface area contributed by atoms with Crippen LogP contribution in [0.4, 0.5) is 4.39 Å². The van der Waals surface area contributed by atoms with Crippen molar-refractivity contribution >= 4 is 10.9 Å². The van der Waals surface area contributed by atoms with Gasteiger partial charge in [-0.15, -0.1) is 0 Å². The molecule has 0 radical (unpaired) electrons. The zero-order valence-corrected chi connectivity index (χ0v) is 19.1. The van der Waals surface area contributed by atoms with Crippen LogP contribution in [0.5, 0.6) is 5.75 Å². The van der Waals surface area contributed by atoms with Crippen molar-refractivity contribution in [2.75, 3.05) is 20.7 Å². The standard InChI is InChI=1S/C25H23FN6O2/c1-30-13-20(28-14-30)17-9-15(12-27)10-18-23(17)29-24(21-5-4-8-31(21)2)32(25(18)33)16-6-7-22(34-3)19(26)11-16/h6-7,9-11,13-14,21H,4-5,8H2,1-3H3. The molecule has 5 rings (SSSR count). The van der Waals surface area contributed by atoms with E-state index >= 15 is 0 Å². The molecule has 0 N–H and O–H groups in total. The van der Waals surface area contributed by atoms with Gasteiger partial charge in [0.2, 0.25) is 0 Å². The summed E-state index contributed by atoms with van der Waals surface area (Å²) in [5.41, 5.74) is 2.03. The molecular formula is C25H23FN6O2. The first-order chi connectivity index (χ1) is 16.4. The molecule has 9 heteroatoms. The molecule has 2 aromatic heterocycles. The Balaban J connectivity index is 1.87. The zero-order chi connectivity index (χ0) is 24.0. The molecule has 1 fully saturated rings. The van der Waals surface area contributed by atoms with Crippen LogP contribution < -0.4 is 10.3 Å². The van der Waals surface area contributed by atoms with Crippen molar-refractivity contribution in [3.05, 3.63) is 70.4 Å². The maximum absolute atomic E-state index is 14.6. The molecule has 0 bridgehead atoms. The van der Waals surface area contributed by atoms with Crippen LogP contribution in [0.25, 0.3) is 27.8 Å². The average molecular weight is 458 g/mol. The molecule has 0 aliphatic carbocycles. The normalized spacial score (nSPS) is 16.1. The minimum absolute atomic E-state index is 0.0919. The summed E-state index contributed by atoms with van der Waals surface area (Å²) in [6.45, 7) is 0.871. The molecule has 34 heavy (non-hydrogen) atoms. The summed E-state index contributed by atoms with van der Waals surface area (Å²) in [5, 5.41) is 9.91. The number of nitriles is 1. The lowest BCUT2D eigenvalue weighted by Gasteiger charge is -2.24. The van der Waals surface area contributed by atoms with Crippen LogP contribution in [-0.2, 0) is 7.05 Å². The molecule has 172 valence electrons. The summed E-state index contributed by atoms with van der Waals surface area (Å²) in [5.74, 6) is 0.0518. The van der Waals surface area contributed by atoms with Gasteiger partial charge in [-0.25, -0.2) is 14.4 Å². The minimum atomic E-state index is -0.572. The quantitative estimate of drug-likeness (QED) is 0.465. The van der Waals surface area contributed by atoms with Crippen molar-refractivity contribution in [2.45, 2.75) is 18.9 Å². The Morgan fingerprint density at radius 2 is 2.06 bits per heavy atom. The van der Waals surface area contributed by atoms with Crippen LogP contribution in [0.15, 0.2) is 47.7 Å². The Labute approximate surface area is 195 Å². The number of likely N-dealkylation sites (tertiary alicyclic amines) is 1. The van der Waals surface area contributed by atoms with Gasteiger partial charge in [0.1, 0.15) is 5.82 Å². The second-order valence-corrected chi connectivity index (χ2v) is 8.52. The average Bonchev–Trinajstić information content (AvgIpc) is 3.46. The van der Waals surface area contributed by atoms with Crippen LogP contribution in [0, 0.1) is 17.1 Å². The number of methoxy groups -OCH3 is 1. The third-order valence-electron chi connectivity index (χ3n) is 6.32. The van der Waals surface area contributed by atoms with Crippen LogP contribution in [0.2, 0.25) is 0 Å². The zero-order valence-electron chi connectivity index (χ0n) is 19.1. The van der Waals surface area contributed by atoms with Crippen LogP contribution >= 0.6 is 0 Å². The second-order valence-electron chi connectivity index (χ2n) is 8.52. The minimum Gasteiger partial charge on any atom is -0.494 e. The van der Waals surface area contributed by atoms with Crippen molar-refractivity contribution < 1.29 is 9.13 Å². The number of imidazole rings is 1. The number of halogens is 1. The predicted octanol–water partition coefficient (Wildman–Crippen LogP) is 3.57. The van der Waals surface area contributed by atoms with E-state index in [9.17, 15) is 14.4 Å². The Morgan fingerprint density at radius 1 is 1.24 bits per heavy atom. The number of rotatable bonds is 4. The van der Waals surface area contributed by atoms with E-state index in [2.05, 4.69) is 16.0 Å². The molecule has 1 saturated heterocycles. The number of nitrogens with zero attached hydrogens (tertiary/aromatic N) is 6. The van der Waals surface area contributed by atoms with Crippen LogP contribution in [0.3, 0.4) is 0 Å². The molecule has 0 spiro atoms. The lowest BCUT2D eigenvalue weighted by Crippen LogP contribution is -2.30. The summed E-state index contributed by atoms with van der Waals surface area (Å²) in [6, 6.07) is 9.67. The van der Waals surface area contributed by atoms with E-state index in [0.717, 1.165) is 19.4 Å². The molecular weight excluding hydrogens is 435 g/mol. The molecule has 2 aromatic carbocycles. The maximum atomic E-state index is 14.6. The Morgan fingerprint density at radius 3 is 2.68 bits per heavy atom. The molecule has 0 amide bonds. The van der Waals surface area contributed by atoms with Crippen molar-refractivity contribution in [3.63, 3.8) is 0 Å². The summed E-state index contributed by atoms with van der Waals surface area (Å²) in [7, 11) is 5.24. The Bertz CT molecular complexity index is 1520. The molecule has 3 heterocycles. The van der Waals surface area contributed by atoms with E-state index in [4.69, 9.17) is 9.72 Å². The molecule has 0 saturated carbocycles. The van der Waals surface area contributed by atoms with Crippen molar-refractivity contribution in [1.82, 2.24) is 24.0 Å². The summed E-state index contributed by atoms with van der Waals surface area (Å²) < 4.78 is 23.0. The van der Waals surface area contributed by atoms with E-state index in [1.807, 2.05) is 20.3 Å². The van der Waals surface area contributed by atoms with E-state index in [0.29, 0.717) is 33.8 Å². The topological polar surface area (TPSA) is 89.0 Å². The van der Waals surface area contributed by atoms with Crippen LogP contribution in [-0.4, -0.2) is 44.7 Å². The third kappa shape index (κ3) is 3.53. The third-order valence-corrected chi connectivity index (χ3v) is 6.32. The predicted molar refractivity (Wildman–Crippen MR) is 125 cm³/mol. The van der Waals surface area contributed by atoms with Crippen molar-refractivity contribution in [1.29, 1.82) is 5.26 Å². The number of hydrogen-bond acceptors (Lipinski definition) is 6. The largest absolute Gasteiger partial charge is 0.494 e. The van der Waals surface area contributed by atoms with Gasteiger partial charge in [0.25, 0.3) is 5.56 Å². The van der Waals surface area contributed by atoms with E-state index in [1.54, 1.807) is 23.0 Å². The van der Waals surface area contributed by atoms with Crippen molar-refractivity contribution in [2.24, 2.45) is 7.05 Å². The smallest absolute Gasteiger partial charge is 0.266 e. The summed E-state index contributed by atoms with van der Waals surface area (Å²) in [4.78, 5) is 25.5. The number of ether oxygens (including phenoxy) is 1. The number of hydrogen-bond donors (Lipinski definition) is 0. The van der Waals surface area contributed by atoms with Gasteiger partial charge in [-0.2, -0.15) is 5.26 Å². The number of aromatic nitrogens is 4. The molecule has 1 atom stereocenters. The SMILES string of the molecule is COc1ccc(-n2c(C3CCCN3C)nc3c(-c4cn(C)cn4)cc(C#N)cc3c2=O)cc1F. The monoisotopic (exact) mass is 458 g/mol. The first kappa shape index (κ1) is 21.8. The Hall–Kier alpha value is -4.03. The fourth-order valence-corrected chi connectivity index (χ4v) is 4.62. The van der Waals surface area contributed by atoms with E-state index in [-0.39, 0.29) is 22.7 Å². The second kappa shape index (κ2) is 8.39. The molecule has 4 aromatic rings. The van der Waals surface area contributed by atoms with Gasteiger partial charge in [-0.3, -0.25) is 14.3 Å². The lowest BCUT2D eigenvalue weighted by molar-refractivity contribution is 0.301. The molecule has 1 aliphatic heterocycles. The highest BCUT2D eigenvalue weighted by molar-refractivity contribution is 5.93. The summed E-state index contributed by atoms with van der Waals surface area (Å²) in [6.07, 6.45) is 5.27. The summed E-state index contributed by atoms with van der Waals surface area (Å²) >= 11 is 0. The van der Waals surface area contributed by atoms with Crippen LogP contribution in [0.1, 0.15) is 30.3 Å². The first-order valence-corrected chi connectivity index (χ1v) is 10.9. The van der Waals surface area contributed by atoms with Gasteiger partial charge in [0.05, 0.1) is 53.4 Å². The number of benzene rings is 2. The Kier molecular flexibility index (Phi) is 5.38. The van der Waals surface area contributed by atoms with E-state index in [1.165, 1.54) is 29.9 Å². The van der Waals surface area contributed by atoms with Gasteiger partial charge in [-0.05, 0) is 50.7 Å². The van der Waals surface area contributed by atoms with Gasteiger partial charge >= 0.3 is 0 Å². The highest BCUT2D eigenvalue weighted by atomic mass is 19.1. The van der Waals surface area contributed by atoms with Gasteiger partial charge < -0.3 is 9.30 Å². The highest BCUT2D eigenvalue weighted by Gasteiger charge is 2.29. The molecule has 8 nitrogen and oxygen atoms in total. The number of aryl methyl sites for hydroxylation is 1. The molecule has 1 aliphatic rings. The van der Waals surface area contributed by atoms with Gasteiger partial charge in [-0.1, -0.05) is 0 Å². The van der Waals surface area contributed by atoms with Gasteiger partial charge in [0.15, 0.2) is 11.6 Å². The highest BCUT2D eigenvalue weighted by Crippen LogP contribution is 2.34. The molecule has 1 unspecified atom stereocenters. The van der Waals surface area contributed by atoms with Gasteiger partial charge in [0, 0.05) is 24.9 Å². The van der Waals surface area contributed by atoms with E-state index < -0.39 is 5.82 Å². The maximum Gasteiger partial charge on any atom is 0.266 e.